The SMILES string of the molecule is CC/C=C\C/C=C\C/C=C\C/C=C\C/C=C\CCCCCCCCCCCC(=O)NC(COC1OC(CO)C(OC2OC(CO)C(OC3OC(CO)C(O)C(O)C3O)C(O)C2O)C(O)C1O)C(O)/C=C/CCCCCCCCCCCCCCCCCCCCCCCCCCCCCCC. The monoisotopic (exact) mass is 1430 g/mol. The summed E-state index contributed by atoms with van der Waals surface area (Å²) in [6.07, 6.45) is 54.6. The molecule has 0 aliphatic carbocycles. The summed E-state index contributed by atoms with van der Waals surface area (Å²) in [4.78, 5) is 13.5. The number of unbranched alkanes of at least 4 members (excludes halogenated alkanes) is 38. The van der Waals surface area contributed by atoms with Crippen LogP contribution in [-0.2, 0) is 33.2 Å². The molecule has 3 heterocycles. The van der Waals surface area contributed by atoms with Crippen LogP contribution in [0.1, 0.15) is 309 Å². The van der Waals surface area contributed by atoms with E-state index in [1.54, 1.807) is 6.08 Å². The molecule has 3 aliphatic heterocycles. The van der Waals surface area contributed by atoms with E-state index >= 15 is 0 Å². The minimum Gasteiger partial charge on any atom is -0.394 e. The second-order valence-corrected chi connectivity index (χ2v) is 28.9. The maximum Gasteiger partial charge on any atom is 0.220 e. The highest BCUT2D eigenvalue weighted by molar-refractivity contribution is 5.76. The first-order valence-electron chi connectivity index (χ1n) is 40.7. The average Bonchev–Trinajstić information content (AvgIpc) is 0.782. The molecule has 588 valence electrons. The second kappa shape index (κ2) is 62.3. The molecule has 3 fully saturated rings. The van der Waals surface area contributed by atoms with Gasteiger partial charge in [-0.25, -0.2) is 0 Å². The molecule has 0 spiro atoms. The van der Waals surface area contributed by atoms with Crippen molar-refractivity contribution in [2.45, 2.75) is 413 Å². The number of hydrogen-bond donors (Lipinski definition) is 12. The Bertz CT molecular complexity index is 2110. The van der Waals surface area contributed by atoms with Gasteiger partial charge in [0.1, 0.15) is 73.2 Å². The largest absolute Gasteiger partial charge is 0.394 e. The molecule has 17 unspecified atom stereocenters. The van der Waals surface area contributed by atoms with Crippen LogP contribution in [0, 0.1) is 0 Å². The van der Waals surface area contributed by atoms with Crippen LogP contribution in [0.5, 0.6) is 0 Å². The van der Waals surface area contributed by atoms with Crippen molar-refractivity contribution in [3.8, 4) is 0 Å². The summed E-state index contributed by atoms with van der Waals surface area (Å²) in [5, 5.41) is 121. The molecule has 19 heteroatoms. The van der Waals surface area contributed by atoms with Gasteiger partial charge in [-0.05, 0) is 64.2 Å². The van der Waals surface area contributed by atoms with Crippen molar-refractivity contribution in [3.05, 3.63) is 72.9 Å². The number of carbonyl (C=O) groups is 1. The fourth-order valence-corrected chi connectivity index (χ4v) is 13.5. The minimum atomic E-state index is -1.98. The molecule has 0 aromatic heterocycles. The lowest BCUT2D eigenvalue weighted by Gasteiger charge is -2.48. The van der Waals surface area contributed by atoms with Crippen LogP contribution < -0.4 is 5.32 Å². The van der Waals surface area contributed by atoms with E-state index in [9.17, 15) is 61.0 Å². The lowest BCUT2D eigenvalue weighted by atomic mass is 9.96. The van der Waals surface area contributed by atoms with E-state index in [2.05, 4.69) is 79.9 Å². The van der Waals surface area contributed by atoms with Crippen molar-refractivity contribution in [2.75, 3.05) is 26.4 Å². The van der Waals surface area contributed by atoms with E-state index in [1.807, 2.05) is 6.08 Å². The van der Waals surface area contributed by atoms with Crippen molar-refractivity contribution >= 4 is 5.91 Å². The molecular weight excluding hydrogens is 1290 g/mol. The van der Waals surface area contributed by atoms with E-state index in [-0.39, 0.29) is 18.9 Å². The third kappa shape index (κ3) is 42.4. The van der Waals surface area contributed by atoms with Crippen LogP contribution in [0.3, 0.4) is 0 Å². The van der Waals surface area contributed by atoms with Crippen LogP contribution in [0.15, 0.2) is 72.9 Å². The van der Waals surface area contributed by atoms with Gasteiger partial charge in [-0.2, -0.15) is 0 Å². The van der Waals surface area contributed by atoms with Gasteiger partial charge in [0.25, 0.3) is 0 Å². The number of nitrogens with one attached hydrogen (secondary N) is 1. The molecular formula is C82H147NO18. The van der Waals surface area contributed by atoms with E-state index in [4.69, 9.17) is 28.4 Å². The Morgan fingerprint density at radius 2 is 0.683 bits per heavy atom. The van der Waals surface area contributed by atoms with Crippen molar-refractivity contribution in [1.82, 2.24) is 5.32 Å². The van der Waals surface area contributed by atoms with E-state index < -0.39 is 124 Å². The molecule has 12 N–H and O–H groups in total. The number of amides is 1. The number of rotatable bonds is 64. The highest BCUT2D eigenvalue weighted by Crippen LogP contribution is 2.33. The smallest absolute Gasteiger partial charge is 0.220 e. The van der Waals surface area contributed by atoms with Crippen LogP contribution in [-0.4, -0.2) is 193 Å². The molecule has 19 nitrogen and oxygen atoms in total. The van der Waals surface area contributed by atoms with Crippen molar-refractivity contribution in [1.29, 1.82) is 0 Å². The van der Waals surface area contributed by atoms with Crippen molar-refractivity contribution in [2.24, 2.45) is 0 Å². The number of hydrogen-bond acceptors (Lipinski definition) is 18. The summed E-state index contributed by atoms with van der Waals surface area (Å²) >= 11 is 0. The predicted octanol–water partition coefficient (Wildman–Crippen LogP) is 13.6. The number of allylic oxidation sites excluding steroid dienone is 11. The van der Waals surface area contributed by atoms with E-state index in [0.717, 1.165) is 89.9 Å². The molecule has 0 bridgehead atoms. The fraction of sp³-hybridized carbons (Fsp3) is 0.841. The molecule has 3 rings (SSSR count). The molecule has 1 amide bonds. The number of aliphatic hydroxyl groups is 11. The Morgan fingerprint density at radius 1 is 0.366 bits per heavy atom. The maximum absolute atomic E-state index is 13.5. The zero-order chi connectivity index (χ0) is 73.2. The number of carbonyl (C=O) groups excluding carboxylic acids is 1. The summed E-state index contributed by atoms with van der Waals surface area (Å²) in [7, 11) is 0. The van der Waals surface area contributed by atoms with Gasteiger partial charge in [0, 0.05) is 6.42 Å². The fourth-order valence-electron chi connectivity index (χ4n) is 13.5. The quantitative estimate of drug-likeness (QED) is 0.0199. The molecule has 101 heavy (non-hydrogen) atoms. The van der Waals surface area contributed by atoms with Gasteiger partial charge in [-0.15, -0.1) is 0 Å². The third-order valence-corrected chi connectivity index (χ3v) is 20.0. The molecule has 3 aliphatic rings. The zero-order valence-electron chi connectivity index (χ0n) is 62.9. The first-order valence-corrected chi connectivity index (χ1v) is 40.7. The Morgan fingerprint density at radius 3 is 1.07 bits per heavy atom. The highest BCUT2D eigenvalue weighted by atomic mass is 16.8. The van der Waals surface area contributed by atoms with Crippen LogP contribution >= 0.6 is 0 Å². The Balaban J connectivity index is 1.38. The summed E-state index contributed by atoms with van der Waals surface area (Å²) in [6.45, 7) is 1.65. The minimum absolute atomic E-state index is 0.233. The van der Waals surface area contributed by atoms with Crippen LogP contribution in [0.2, 0.25) is 0 Å². The molecule has 0 radical (unpaired) electrons. The van der Waals surface area contributed by atoms with Gasteiger partial charge in [0.05, 0.1) is 38.6 Å². The number of aliphatic hydroxyl groups excluding tert-OH is 11. The summed E-state index contributed by atoms with van der Waals surface area (Å²) < 4.78 is 34.5. The van der Waals surface area contributed by atoms with Gasteiger partial charge in [0.2, 0.25) is 5.91 Å². The normalized spacial score (nSPS) is 26.7. The van der Waals surface area contributed by atoms with Crippen LogP contribution in [0.25, 0.3) is 0 Å². The van der Waals surface area contributed by atoms with Gasteiger partial charge in [0.15, 0.2) is 18.9 Å². The van der Waals surface area contributed by atoms with E-state index in [1.165, 1.54) is 193 Å². The molecule has 0 aromatic carbocycles. The van der Waals surface area contributed by atoms with Crippen molar-refractivity contribution in [3.63, 3.8) is 0 Å². The predicted molar refractivity (Wildman–Crippen MR) is 401 cm³/mol. The molecule has 0 aromatic rings. The highest BCUT2D eigenvalue weighted by Gasteiger charge is 2.54. The molecule has 3 saturated heterocycles. The summed E-state index contributed by atoms with van der Waals surface area (Å²) in [5.41, 5.74) is 0. The lowest BCUT2D eigenvalue weighted by Crippen LogP contribution is -2.66. The molecule has 0 saturated carbocycles. The Labute approximate surface area is 610 Å². The van der Waals surface area contributed by atoms with Crippen LogP contribution in [0.4, 0.5) is 0 Å². The Hall–Kier alpha value is -2.77. The van der Waals surface area contributed by atoms with Gasteiger partial charge in [-0.1, -0.05) is 311 Å². The Kier molecular flexibility index (Phi) is 57.0. The van der Waals surface area contributed by atoms with Gasteiger partial charge in [-0.3, -0.25) is 4.79 Å². The number of ether oxygens (including phenoxy) is 6. The first kappa shape index (κ1) is 92.4. The van der Waals surface area contributed by atoms with Gasteiger partial charge < -0.3 is 89.9 Å². The molecule has 17 atom stereocenters. The summed E-state index contributed by atoms with van der Waals surface area (Å²) in [5.74, 6) is -0.281. The zero-order valence-corrected chi connectivity index (χ0v) is 62.9. The standard InChI is InChI=1S/C82H147NO18/c1-3-5-7-9-11-13-15-17-19-21-23-25-27-29-30-31-32-33-34-36-37-39-41-43-45-47-49-51-53-55-57-59-66(87)65(83-70(88)60-58-56-54-52-50-48-46-44-42-40-38-35-28-26-24-22-20-18-16-14-12-10-8-6-4-2)64-96-80-76(94)73(91)78(68(62-85)98-80)101-82-77(95)74(92)79(69(63-86)99-82)100-81-75(93)72(90)71(89)67(61-84)97-81/h6,8,12,14,18,20,24,26,35,38,57,59,65-69,71-82,84-87,89-95H,3-5,7,9-11,13,15-17,19,21-23,25,27-34,36-37,39-56,58,60-64H2,1-2H3,(H,83,88)/b8-6-,14-12-,20-18-,26-24-,38-35-,59-57+. The average molecular weight is 1440 g/mol. The van der Waals surface area contributed by atoms with Gasteiger partial charge >= 0.3 is 0 Å². The lowest BCUT2D eigenvalue weighted by molar-refractivity contribution is -0.379. The summed E-state index contributed by atoms with van der Waals surface area (Å²) in [6, 6.07) is -0.983. The topological polar surface area (TPSA) is 307 Å². The van der Waals surface area contributed by atoms with Crippen molar-refractivity contribution < 1.29 is 89.4 Å². The maximum atomic E-state index is 13.5. The van der Waals surface area contributed by atoms with E-state index in [0.29, 0.717) is 6.42 Å². The first-order chi connectivity index (χ1) is 49.3. The second-order valence-electron chi connectivity index (χ2n) is 28.9. The third-order valence-electron chi connectivity index (χ3n) is 20.0.